The van der Waals surface area contributed by atoms with Crippen molar-refractivity contribution in [2.75, 3.05) is 0 Å². The third-order valence-electron chi connectivity index (χ3n) is 7.70. The zero-order chi connectivity index (χ0) is 24.2. The van der Waals surface area contributed by atoms with Crippen LogP contribution in [0.4, 0.5) is 0 Å². The lowest BCUT2D eigenvalue weighted by Gasteiger charge is -2.13. The second-order valence-corrected chi connectivity index (χ2v) is 9.93. The fraction of sp³-hybridized carbons (Fsp3) is 0.0556. The van der Waals surface area contributed by atoms with Gasteiger partial charge in [0.05, 0.1) is 0 Å². The molecule has 0 saturated heterocycles. The lowest BCUT2D eigenvalue weighted by atomic mass is 9.91. The molecule has 7 aromatic rings. The molecule has 0 radical (unpaired) electrons. The van der Waals surface area contributed by atoms with Crippen molar-refractivity contribution < 1.29 is 0 Å². The second-order valence-electron chi connectivity index (χ2n) is 9.93. The van der Waals surface area contributed by atoms with E-state index in [9.17, 15) is 0 Å². The summed E-state index contributed by atoms with van der Waals surface area (Å²) in [6, 6.07) is 44.9. The summed E-state index contributed by atoms with van der Waals surface area (Å²) in [7, 11) is 0. The standard InChI is InChI=1S/C36H26/c1-23-7-3-9-25-19-29(15-17-31(23)25)33-13-5-11-27-22-36-28(21-35(27)33)12-6-14-34(36)30-16-18-32-24(2)8-4-10-26(32)20-30/h3-22H,1-2H3. The Labute approximate surface area is 211 Å². The highest BCUT2D eigenvalue weighted by Gasteiger charge is 2.10. The van der Waals surface area contributed by atoms with Gasteiger partial charge in [0.2, 0.25) is 0 Å². The van der Waals surface area contributed by atoms with Crippen LogP contribution in [0.15, 0.2) is 121 Å². The number of hydrogen-bond donors (Lipinski definition) is 0. The molecule has 0 spiro atoms. The van der Waals surface area contributed by atoms with Gasteiger partial charge < -0.3 is 0 Å². The van der Waals surface area contributed by atoms with Crippen LogP contribution in [0.1, 0.15) is 11.1 Å². The fourth-order valence-corrected chi connectivity index (χ4v) is 5.78. The van der Waals surface area contributed by atoms with Gasteiger partial charge in [-0.2, -0.15) is 0 Å². The zero-order valence-electron chi connectivity index (χ0n) is 20.5. The Balaban J connectivity index is 1.43. The number of aryl methyl sites for hydroxylation is 2. The Kier molecular flexibility index (Phi) is 4.69. The zero-order valence-corrected chi connectivity index (χ0v) is 20.5. The third-order valence-corrected chi connectivity index (χ3v) is 7.70. The molecule has 0 fully saturated rings. The summed E-state index contributed by atoms with van der Waals surface area (Å²) in [5.74, 6) is 0. The Morgan fingerprint density at radius 2 is 0.722 bits per heavy atom. The van der Waals surface area contributed by atoms with Gasteiger partial charge in [0.25, 0.3) is 0 Å². The molecule has 7 aromatic carbocycles. The smallest absolute Gasteiger partial charge is 0.00990 e. The summed E-state index contributed by atoms with van der Waals surface area (Å²) in [6.45, 7) is 4.36. The maximum atomic E-state index is 2.37. The third kappa shape index (κ3) is 3.30. The molecule has 0 saturated carbocycles. The average Bonchev–Trinajstić information content (AvgIpc) is 2.91. The lowest BCUT2D eigenvalue weighted by molar-refractivity contribution is 1.53. The molecule has 0 nitrogen and oxygen atoms in total. The SMILES string of the molecule is Cc1cccc2cc(-c3cccc4cc5c(-c6ccc7c(C)cccc7c6)cccc5cc34)ccc12. The van der Waals surface area contributed by atoms with E-state index in [0.717, 1.165) is 0 Å². The molecule has 0 N–H and O–H groups in total. The topological polar surface area (TPSA) is 0 Å². The maximum absolute atomic E-state index is 2.37. The van der Waals surface area contributed by atoms with Gasteiger partial charge in [0.1, 0.15) is 0 Å². The molecule has 0 aromatic heterocycles. The Morgan fingerprint density at radius 1 is 0.333 bits per heavy atom. The number of hydrogen-bond acceptors (Lipinski definition) is 0. The average molecular weight is 459 g/mol. The summed E-state index contributed by atoms with van der Waals surface area (Å²) in [4.78, 5) is 0. The monoisotopic (exact) mass is 458 g/mol. The minimum atomic E-state index is 1.26. The molecule has 7 rings (SSSR count). The van der Waals surface area contributed by atoms with Crippen LogP contribution in [0.5, 0.6) is 0 Å². The van der Waals surface area contributed by atoms with E-state index in [1.165, 1.54) is 76.5 Å². The van der Waals surface area contributed by atoms with Crippen LogP contribution >= 0.6 is 0 Å². The van der Waals surface area contributed by atoms with E-state index in [2.05, 4.69) is 135 Å². The van der Waals surface area contributed by atoms with E-state index in [1.807, 2.05) is 0 Å². The van der Waals surface area contributed by atoms with Crippen molar-refractivity contribution in [3.63, 3.8) is 0 Å². The molecule has 170 valence electrons. The predicted octanol–water partition coefficient (Wildman–Crippen LogP) is 10.3. The first kappa shape index (κ1) is 20.9. The van der Waals surface area contributed by atoms with Crippen LogP contribution in [-0.4, -0.2) is 0 Å². The van der Waals surface area contributed by atoms with Crippen molar-refractivity contribution in [2.45, 2.75) is 13.8 Å². The van der Waals surface area contributed by atoms with Gasteiger partial charge in [0.15, 0.2) is 0 Å². The van der Waals surface area contributed by atoms with Crippen LogP contribution in [-0.2, 0) is 0 Å². The minimum Gasteiger partial charge on any atom is -0.0614 e. The van der Waals surface area contributed by atoms with E-state index in [-0.39, 0.29) is 0 Å². The number of rotatable bonds is 2. The summed E-state index contributed by atoms with van der Waals surface area (Å²) in [5.41, 5.74) is 7.73. The first-order valence-corrected chi connectivity index (χ1v) is 12.6. The highest BCUT2D eigenvalue weighted by Crippen LogP contribution is 2.37. The lowest BCUT2D eigenvalue weighted by Crippen LogP contribution is -1.87. The molecule has 0 heterocycles. The van der Waals surface area contributed by atoms with Gasteiger partial charge in [-0.3, -0.25) is 0 Å². The summed E-state index contributed by atoms with van der Waals surface area (Å²) in [5, 5.41) is 10.4. The second kappa shape index (κ2) is 8.07. The van der Waals surface area contributed by atoms with E-state index >= 15 is 0 Å². The maximum Gasteiger partial charge on any atom is -0.00990 e. The number of fused-ring (bicyclic) bond motifs is 4. The van der Waals surface area contributed by atoms with E-state index < -0.39 is 0 Å². The van der Waals surface area contributed by atoms with Crippen LogP contribution in [0.25, 0.3) is 65.3 Å². The molecule has 0 aliphatic carbocycles. The van der Waals surface area contributed by atoms with Crippen molar-refractivity contribution in [3.05, 3.63) is 132 Å². The van der Waals surface area contributed by atoms with Crippen LogP contribution in [0, 0.1) is 13.8 Å². The van der Waals surface area contributed by atoms with Crippen LogP contribution in [0.3, 0.4) is 0 Å². The van der Waals surface area contributed by atoms with E-state index in [0.29, 0.717) is 0 Å². The quantitative estimate of drug-likeness (QED) is 0.226. The first-order chi connectivity index (χ1) is 17.7. The van der Waals surface area contributed by atoms with Crippen molar-refractivity contribution in [1.82, 2.24) is 0 Å². The molecule has 0 amide bonds. The number of benzene rings is 7. The van der Waals surface area contributed by atoms with Gasteiger partial charge in [-0.25, -0.2) is 0 Å². The van der Waals surface area contributed by atoms with Gasteiger partial charge >= 0.3 is 0 Å². The Bertz CT molecular complexity index is 1810. The van der Waals surface area contributed by atoms with E-state index in [4.69, 9.17) is 0 Å². The molecule has 36 heavy (non-hydrogen) atoms. The van der Waals surface area contributed by atoms with Gasteiger partial charge in [-0.15, -0.1) is 0 Å². The summed E-state index contributed by atoms with van der Waals surface area (Å²) >= 11 is 0. The van der Waals surface area contributed by atoms with Crippen molar-refractivity contribution in [3.8, 4) is 22.3 Å². The molecule has 0 atom stereocenters. The molecular formula is C36H26. The highest BCUT2D eigenvalue weighted by atomic mass is 14.1. The minimum absolute atomic E-state index is 1.26. The van der Waals surface area contributed by atoms with Crippen LogP contribution < -0.4 is 0 Å². The largest absolute Gasteiger partial charge is 0.0614 e. The van der Waals surface area contributed by atoms with E-state index in [1.54, 1.807) is 0 Å². The van der Waals surface area contributed by atoms with Crippen LogP contribution in [0.2, 0.25) is 0 Å². The summed E-state index contributed by atoms with van der Waals surface area (Å²) < 4.78 is 0. The van der Waals surface area contributed by atoms with Crippen molar-refractivity contribution in [1.29, 1.82) is 0 Å². The van der Waals surface area contributed by atoms with Gasteiger partial charge in [0, 0.05) is 0 Å². The molecule has 0 bridgehead atoms. The van der Waals surface area contributed by atoms with Gasteiger partial charge in [-0.05, 0) is 115 Å². The van der Waals surface area contributed by atoms with Crippen molar-refractivity contribution >= 4 is 43.1 Å². The molecule has 0 unspecified atom stereocenters. The van der Waals surface area contributed by atoms with Gasteiger partial charge in [-0.1, -0.05) is 97.1 Å². The molecule has 0 aliphatic heterocycles. The Morgan fingerprint density at radius 3 is 1.17 bits per heavy atom. The highest BCUT2D eigenvalue weighted by molar-refractivity contribution is 6.10. The molecular weight excluding hydrogens is 432 g/mol. The normalized spacial score (nSPS) is 11.6. The Hall–Kier alpha value is -4.42. The first-order valence-electron chi connectivity index (χ1n) is 12.6. The summed E-state index contributed by atoms with van der Waals surface area (Å²) in [6.07, 6.45) is 0. The molecule has 0 aliphatic rings. The predicted molar refractivity (Wildman–Crippen MR) is 157 cm³/mol. The van der Waals surface area contributed by atoms with Crippen molar-refractivity contribution in [2.24, 2.45) is 0 Å². The molecule has 0 heteroatoms. The fourth-order valence-electron chi connectivity index (χ4n) is 5.78.